The Morgan fingerprint density at radius 1 is 1.42 bits per heavy atom. The van der Waals surface area contributed by atoms with Crippen LogP contribution in [0, 0.1) is 0 Å². The molecule has 2 rings (SSSR count). The van der Waals surface area contributed by atoms with E-state index in [1.807, 2.05) is 30.3 Å². The number of carbonyl (C=O) groups excluding carboxylic acids is 1. The van der Waals surface area contributed by atoms with E-state index in [-0.39, 0.29) is 11.9 Å². The van der Waals surface area contributed by atoms with Crippen molar-refractivity contribution in [3.63, 3.8) is 0 Å². The van der Waals surface area contributed by atoms with Gasteiger partial charge in [0.2, 0.25) is 0 Å². The van der Waals surface area contributed by atoms with Crippen LogP contribution in [0.5, 0.6) is 0 Å². The second kappa shape index (κ2) is 5.51. The van der Waals surface area contributed by atoms with Crippen LogP contribution < -0.4 is 5.32 Å². The molecule has 2 amide bonds. The van der Waals surface area contributed by atoms with E-state index in [4.69, 9.17) is 5.11 Å². The minimum atomic E-state index is -1.22. The Morgan fingerprint density at radius 2 is 2.11 bits per heavy atom. The zero-order valence-corrected chi connectivity index (χ0v) is 10.5. The maximum atomic E-state index is 12.2. The first-order chi connectivity index (χ1) is 9.09. The van der Waals surface area contributed by atoms with E-state index in [0.717, 1.165) is 5.56 Å². The molecule has 0 aromatic heterocycles. The number of carboxylic acid groups (broad SMARTS) is 1. The highest BCUT2D eigenvalue weighted by Crippen LogP contribution is 2.28. The normalized spacial score (nSPS) is 19.2. The lowest BCUT2D eigenvalue weighted by Gasteiger charge is -2.24. The average Bonchev–Trinajstić information content (AvgIpc) is 2.87. The Hall–Kier alpha value is -2.37. The lowest BCUT2D eigenvalue weighted by Crippen LogP contribution is -2.44. The molecule has 100 valence electrons. The molecule has 0 bridgehead atoms. The molecule has 2 N–H and O–H groups in total. The summed E-state index contributed by atoms with van der Waals surface area (Å²) in [5.74, 6) is -0.356. The molecule has 0 saturated heterocycles. The second-order valence-corrected chi connectivity index (χ2v) is 4.31. The van der Waals surface area contributed by atoms with Crippen LogP contribution in [0.4, 0.5) is 4.79 Å². The van der Waals surface area contributed by atoms with Gasteiger partial charge < -0.3 is 10.4 Å². The molecule has 1 aromatic rings. The number of hydrogen-bond donors (Lipinski definition) is 2. The van der Waals surface area contributed by atoms with Crippen molar-refractivity contribution < 1.29 is 14.7 Å². The van der Waals surface area contributed by atoms with Gasteiger partial charge in [-0.25, -0.2) is 9.80 Å². The minimum absolute atomic E-state index is 0.160. The van der Waals surface area contributed by atoms with Gasteiger partial charge >= 0.3 is 6.09 Å². The molecular weight excluding hydrogens is 246 g/mol. The smallest absolute Gasteiger partial charge is 0.405 e. The van der Waals surface area contributed by atoms with E-state index in [1.165, 1.54) is 11.9 Å². The van der Waals surface area contributed by atoms with Crippen molar-refractivity contribution in [3.05, 3.63) is 35.9 Å². The summed E-state index contributed by atoms with van der Waals surface area (Å²) in [6.45, 7) is 1.51. The SMILES string of the molecule is CC(NC(=O)O)C(=O)N1N=CCC1c1ccccc1. The van der Waals surface area contributed by atoms with Gasteiger partial charge in [0.25, 0.3) is 5.91 Å². The van der Waals surface area contributed by atoms with Crippen molar-refractivity contribution in [3.8, 4) is 0 Å². The van der Waals surface area contributed by atoms with Crippen LogP contribution >= 0.6 is 0 Å². The monoisotopic (exact) mass is 261 g/mol. The van der Waals surface area contributed by atoms with E-state index in [9.17, 15) is 9.59 Å². The molecule has 1 aromatic carbocycles. The van der Waals surface area contributed by atoms with Crippen LogP contribution in [-0.2, 0) is 4.79 Å². The van der Waals surface area contributed by atoms with Crippen LogP contribution in [0.3, 0.4) is 0 Å². The molecule has 2 unspecified atom stereocenters. The molecule has 6 nitrogen and oxygen atoms in total. The van der Waals surface area contributed by atoms with Gasteiger partial charge in [0.15, 0.2) is 0 Å². The lowest BCUT2D eigenvalue weighted by molar-refractivity contribution is -0.134. The highest BCUT2D eigenvalue weighted by atomic mass is 16.4. The Bertz CT molecular complexity index is 501. The summed E-state index contributed by atoms with van der Waals surface area (Å²) in [5, 5.41) is 16.2. The number of benzene rings is 1. The third-order valence-electron chi connectivity index (χ3n) is 2.95. The standard InChI is InChI=1S/C13H15N3O3/c1-9(15-13(18)19)12(17)16-11(7-8-14-16)10-5-3-2-4-6-10/h2-6,8-9,11,15H,7H2,1H3,(H,18,19). The van der Waals surface area contributed by atoms with Gasteiger partial charge in [0, 0.05) is 12.6 Å². The summed E-state index contributed by atoms with van der Waals surface area (Å²) in [4.78, 5) is 22.7. The molecule has 6 heteroatoms. The first-order valence-electron chi connectivity index (χ1n) is 5.99. The van der Waals surface area contributed by atoms with Gasteiger partial charge in [-0.1, -0.05) is 30.3 Å². The van der Waals surface area contributed by atoms with E-state index < -0.39 is 12.1 Å². The predicted molar refractivity (Wildman–Crippen MR) is 69.8 cm³/mol. The molecular formula is C13H15N3O3. The van der Waals surface area contributed by atoms with Gasteiger partial charge in [0.1, 0.15) is 6.04 Å². The summed E-state index contributed by atoms with van der Waals surface area (Å²) in [6.07, 6.45) is 1.08. The Kier molecular flexibility index (Phi) is 3.79. The van der Waals surface area contributed by atoms with Crippen molar-refractivity contribution in [2.24, 2.45) is 5.10 Å². The van der Waals surface area contributed by atoms with Crippen molar-refractivity contribution in [1.29, 1.82) is 0 Å². The summed E-state index contributed by atoms with van der Waals surface area (Å²) in [7, 11) is 0. The third-order valence-corrected chi connectivity index (χ3v) is 2.95. The molecule has 0 radical (unpaired) electrons. The average molecular weight is 261 g/mol. The maximum absolute atomic E-state index is 12.2. The number of amides is 2. The van der Waals surface area contributed by atoms with E-state index in [1.54, 1.807) is 6.21 Å². The van der Waals surface area contributed by atoms with Crippen molar-refractivity contribution >= 4 is 18.2 Å². The molecule has 0 spiro atoms. The third kappa shape index (κ3) is 2.90. The quantitative estimate of drug-likeness (QED) is 0.867. The molecule has 0 aliphatic carbocycles. The summed E-state index contributed by atoms with van der Waals surface area (Å²) >= 11 is 0. The summed E-state index contributed by atoms with van der Waals surface area (Å²) in [6, 6.07) is 8.57. The van der Waals surface area contributed by atoms with Crippen LogP contribution in [0.1, 0.15) is 24.9 Å². The van der Waals surface area contributed by atoms with Gasteiger partial charge in [-0.3, -0.25) is 4.79 Å². The van der Waals surface area contributed by atoms with E-state index in [2.05, 4.69) is 10.4 Å². The minimum Gasteiger partial charge on any atom is -0.465 e. The fraction of sp³-hybridized carbons (Fsp3) is 0.308. The Balaban J connectivity index is 2.12. The Morgan fingerprint density at radius 3 is 2.74 bits per heavy atom. The first kappa shape index (κ1) is 13.1. The van der Waals surface area contributed by atoms with E-state index >= 15 is 0 Å². The molecule has 19 heavy (non-hydrogen) atoms. The lowest BCUT2D eigenvalue weighted by atomic mass is 10.0. The molecule has 0 saturated carbocycles. The highest BCUT2D eigenvalue weighted by Gasteiger charge is 2.31. The molecule has 1 heterocycles. The molecule has 1 aliphatic rings. The van der Waals surface area contributed by atoms with Gasteiger partial charge in [-0.05, 0) is 12.5 Å². The number of rotatable bonds is 3. The fourth-order valence-electron chi connectivity index (χ4n) is 2.02. The van der Waals surface area contributed by atoms with E-state index in [0.29, 0.717) is 6.42 Å². The summed E-state index contributed by atoms with van der Waals surface area (Å²) < 4.78 is 0. The number of hydrogen-bond acceptors (Lipinski definition) is 3. The molecule has 2 atom stereocenters. The number of hydrazone groups is 1. The first-order valence-corrected chi connectivity index (χ1v) is 5.99. The highest BCUT2D eigenvalue weighted by molar-refractivity contribution is 5.86. The van der Waals surface area contributed by atoms with Gasteiger partial charge in [-0.2, -0.15) is 5.10 Å². The van der Waals surface area contributed by atoms with Crippen LogP contribution in [0.25, 0.3) is 0 Å². The largest absolute Gasteiger partial charge is 0.465 e. The van der Waals surface area contributed by atoms with Crippen molar-refractivity contribution in [2.45, 2.75) is 25.4 Å². The topological polar surface area (TPSA) is 82.0 Å². The number of nitrogens with zero attached hydrogens (tertiary/aromatic N) is 2. The van der Waals surface area contributed by atoms with Crippen molar-refractivity contribution in [2.75, 3.05) is 0 Å². The predicted octanol–water partition coefficient (Wildman–Crippen LogP) is 1.60. The fourth-order valence-corrected chi connectivity index (χ4v) is 2.02. The van der Waals surface area contributed by atoms with Gasteiger partial charge in [0.05, 0.1) is 6.04 Å². The number of nitrogens with one attached hydrogen (secondary N) is 1. The zero-order valence-electron chi connectivity index (χ0n) is 10.5. The van der Waals surface area contributed by atoms with Crippen LogP contribution in [0.15, 0.2) is 35.4 Å². The van der Waals surface area contributed by atoms with Crippen molar-refractivity contribution in [1.82, 2.24) is 10.3 Å². The molecule has 1 aliphatic heterocycles. The van der Waals surface area contributed by atoms with Crippen LogP contribution in [0.2, 0.25) is 0 Å². The van der Waals surface area contributed by atoms with Crippen LogP contribution in [-0.4, -0.2) is 34.4 Å². The molecule has 0 fully saturated rings. The zero-order chi connectivity index (χ0) is 13.8. The van der Waals surface area contributed by atoms with Gasteiger partial charge in [-0.15, -0.1) is 0 Å². The summed E-state index contributed by atoms with van der Waals surface area (Å²) in [5.41, 5.74) is 0.982. The number of carbonyl (C=O) groups is 2. The second-order valence-electron chi connectivity index (χ2n) is 4.31. The maximum Gasteiger partial charge on any atom is 0.405 e. The Labute approximate surface area is 110 Å².